The lowest BCUT2D eigenvalue weighted by Crippen LogP contribution is -2.37. The maximum atomic E-state index is 11.3. The summed E-state index contributed by atoms with van der Waals surface area (Å²) in [6.45, 7) is 0.264. The molecule has 1 N–H and O–H groups in total. The Labute approximate surface area is 99.7 Å². The van der Waals surface area contributed by atoms with Crippen LogP contribution < -0.4 is 0 Å². The summed E-state index contributed by atoms with van der Waals surface area (Å²) in [4.78, 5) is 11.3. The number of esters is 1. The zero-order valence-electron chi connectivity index (χ0n) is 9.43. The molecule has 0 bridgehead atoms. The number of hydrogen-bond donors (Lipinski definition) is 1. The van der Waals surface area contributed by atoms with Crippen LogP contribution in [0.1, 0.15) is 24.0 Å². The zero-order chi connectivity index (χ0) is 11.9. The van der Waals surface area contributed by atoms with E-state index >= 15 is 0 Å². The molecule has 1 saturated heterocycles. The molecule has 0 amide bonds. The van der Waals surface area contributed by atoms with Crippen LogP contribution in [0.2, 0.25) is 0 Å². The van der Waals surface area contributed by atoms with Gasteiger partial charge in [-0.2, -0.15) is 0 Å². The number of fused-ring (bicyclic) bond motifs is 3. The van der Waals surface area contributed by atoms with Crippen molar-refractivity contribution in [2.75, 3.05) is 6.61 Å². The molecule has 0 radical (unpaired) electrons. The lowest BCUT2D eigenvalue weighted by Gasteiger charge is -2.36. The molecule has 17 heavy (non-hydrogen) atoms. The number of aliphatic hydroxyl groups is 1. The molecule has 1 aliphatic carbocycles. The summed E-state index contributed by atoms with van der Waals surface area (Å²) in [6.07, 6.45) is 4.64. The fourth-order valence-corrected chi connectivity index (χ4v) is 2.68. The quantitative estimate of drug-likeness (QED) is 0.692. The molecule has 0 unspecified atom stereocenters. The first-order chi connectivity index (χ1) is 8.20. The predicted octanol–water partition coefficient (Wildman–Crippen LogP) is 1.85. The van der Waals surface area contributed by atoms with Crippen molar-refractivity contribution in [3.05, 3.63) is 41.5 Å². The SMILES string of the molecule is O=C1CC[C@@]2(O)c3ccccc3C=C[C@@H]2CO1. The van der Waals surface area contributed by atoms with Gasteiger partial charge in [0, 0.05) is 12.3 Å². The molecule has 1 aliphatic heterocycles. The molecule has 3 heteroatoms. The van der Waals surface area contributed by atoms with Crippen molar-refractivity contribution in [3.8, 4) is 0 Å². The lowest BCUT2D eigenvalue weighted by atomic mass is 9.73. The second kappa shape index (κ2) is 3.70. The van der Waals surface area contributed by atoms with Gasteiger partial charge in [0.15, 0.2) is 0 Å². The Balaban J connectivity index is 2.09. The van der Waals surface area contributed by atoms with E-state index in [4.69, 9.17) is 4.74 Å². The van der Waals surface area contributed by atoms with E-state index in [1.165, 1.54) is 0 Å². The number of carbonyl (C=O) groups excluding carboxylic acids is 1. The molecule has 1 heterocycles. The number of ether oxygens (including phenoxy) is 1. The Kier molecular flexibility index (Phi) is 2.30. The highest BCUT2D eigenvalue weighted by Crippen LogP contribution is 2.42. The second-order valence-corrected chi connectivity index (χ2v) is 4.66. The molecular formula is C14H14O3. The molecule has 3 rings (SSSR count). The van der Waals surface area contributed by atoms with Crippen molar-refractivity contribution in [1.29, 1.82) is 0 Å². The second-order valence-electron chi connectivity index (χ2n) is 4.66. The van der Waals surface area contributed by atoms with Crippen LogP contribution in [-0.4, -0.2) is 17.7 Å². The first-order valence-corrected chi connectivity index (χ1v) is 5.86. The minimum atomic E-state index is -0.961. The van der Waals surface area contributed by atoms with Gasteiger partial charge in [0.25, 0.3) is 0 Å². The van der Waals surface area contributed by atoms with Crippen molar-refractivity contribution in [2.24, 2.45) is 5.92 Å². The van der Waals surface area contributed by atoms with Crippen LogP contribution in [0.15, 0.2) is 30.3 Å². The van der Waals surface area contributed by atoms with Gasteiger partial charge in [-0.15, -0.1) is 0 Å². The first kappa shape index (κ1) is 10.5. The van der Waals surface area contributed by atoms with Gasteiger partial charge in [0.1, 0.15) is 12.2 Å². The third-order valence-corrected chi connectivity index (χ3v) is 3.68. The molecule has 2 aliphatic rings. The van der Waals surface area contributed by atoms with E-state index in [9.17, 15) is 9.90 Å². The van der Waals surface area contributed by atoms with Gasteiger partial charge in [-0.3, -0.25) is 4.79 Å². The average molecular weight is 230 g/mol. The topological polar surface area (TPSA) is 46.5 Å². The molecule has 2 atom stereocenters. The maximum Gasteiger partial charge on any atom is 0.305 e. The Morgan fingerprint density at radius 2 is 2.18 bits per heavy atom. The molecule has 0 spiro atoms. The van der Waals surface area contributed by atoms with Crippen molar-refractivity contribution in [2.45, 2.75) is 18.4 Å². The van der Waals surface area contributed by atoms with E-state index in [-0.39, 0.29) is 24.9 Å². The third kappa shape index (κ3) is 1.58. The van der Waals surface area contributed by atoms with Crippen LogP contribution in [0.3, 0.4) is 0 Å². The van der Waals surface area contributed by atoms with Crippen LogP contribution in [0.4, 0.5) is 0 Å². The lowest BCUT2D eigenvalue weighted by molar-refractivity contribution is -0.143. The van der Waals surface area contributed by atoms with Crippen LogP contribution in [0.25, 0.3) is 6.08 Å². The van der Waals surface area contributed by atoms with Crippen LogP contribution >= 0.6 is 0 Å². The Hall–Kier alpha value is -1.61. The highest BCUT2D eigenvalue weighted by Gasteiger charge is 2.43. The highest BCUT2D eigenvalue weighted by atomic mass is 16.5. The third-order valence-electron chi connectivity index (χ3n) is 3.68. The van der Waals surface area contributed by atoms with Crippen LogP contribution in [0, 0.1) is 5.92 Å². The fourth-order valence-electron chi connectivity index (χ4n) is 2.68. The van der Waals surface area contributed by atoms with Gasteiger partial charge in [-0.05, 0) is 17.5 Å². The fraction of sp³-hybridized carbons (Fsp3) is 0.357. The van der Waals surface area contributed by atoms with Crippen molar-refractivity contribution in [3.63, 3.8) is 0 Å². The molecule has 1 aromatic carbocycles. The summed E-state index contributed by atoms with van der Waals surface area (Å²) < 4.78 is 5.10. The number of cyclic esters (lactones) is 1. The smallest absolute Gasteiger partial charge is 0.305 e. The number of carbonyl (C=O) groups is 1. The van der Waals surface area contributed by atoms with Gasteiger partial charge >= 0.3 is 5.97 Å². The molecule has 0 saturated carbocycles. The minimum Gasteiger partial charge on any atom is -0.465 e. The monoisotopic (exact) mass is 230 g/mol. The summed E-state index contributed by atoms with van der Waals surface area (Å²) in [5, 5.41) is 10.9. The summed E-state index contributed by atoms with van der Waals surface area (Å²) in [6, 6.07) is 7.78. The summed E-state index contributed by atoms with van der Waals surface area (Å²) in [5.41, 5.74) is 0.976. The van der Waals surface area contributed by atoms with Crippen molar-refractivity contribution < 1.29 is 14.6 Å². The van der Waals surface area contributed by atoms with Gasteiger partial charge in [0.2, 0.25) is 0 Å². The number of hydrogen-bond acceptors (Lipinski definition) is 3. The molecular weight excluding hydrogens is 216 g/mol. The minimum absolute atomic E-state index is 0.135. The Morgan fingerprint density at radius 1 is 1.35 bits per heavy atom. The molecule has 3 nitrogen and oxygen atoms in total. The van der Waals surface area contributed by atoms with E-state index < -0.39 is 5.60 Å². The maximum absolute atomic E-state index is 11.3. The van der Waals surface area contributed by atoms with Gasteiger partial charge in [0.05, 0.1) is 0 Å². The van der Waals surface area contributed by atoms with Crippen molar-refractivity contribution >= 4 is 12.0 Å². The van der Waals surface area contributed by atoms with E-state index in [0.29, 0.717) is 6.42 Å². The van der Waals surface area contributed by atoms with E-state index in [1.807, 2.05) is 36.4 Å². The van der Waals surface area contributed by atoms with Gasteiger partial charge in [-0.1, -0.05) is 36.4 Å². The normalized spacial score (nSPS) is 31.1. The number of rotatable bonds is 0. The van der Waals surface area contributed by atoms with Gasteiger partial charge < -0.3 is 9.84 Å². The summed E-state index contributed by atoms with van der Waals surface area (Å²) >= 11 is 0. The van der Waals surface area contributed by atoms with E-state index in [1.54, 1.807) is 0 Å². The standard InChI is InChI=1S/C14H14O3/c15-13-7-8-14(16)11(9-17-13)6-5-10-3-1-2-4-12(10)14/h1-6,11,16H,7-9H2/t11-,14+/m1/s1. The Morgan fingerprint density at radius 3 is 3.06 bits per heavy atom. The number of benzene rings is 1. The molecule has 1 aromatic rings. The zero-order valence-corrected chi connectivity index (χ0v) is 9.43. The first-order valence-electron chi connectivity index (χ1n) is 5.86. The van der Waals surface area contributed by atoms with Crippen LogP contribution in [-0.2, 0) is 15.1 Å². The summed E-state index contributed by atoms with van der Waals surface area (Å²) in [5.74, 6) is -0.359. The van der Waals surface area contributed by atoms with Crippen molar-refractivity contribution in [1.82, 2.24) is 0 Å². The predicted molar refractivity (Wildman–Crippen MR) is 63.1 cm³/mol. The largest absolute Gasteiger partial charge is 0.465 e. The Bertz CT molecular complexity index is 492. The van der Waals surface area contributed by atoms with Gasteiger partial charge in [-0.25, -0.2) is 0 Å². The molecule has 1 fully saturated rings. The average Bonchev–Trinajstić information content (AvgIpc) is 2.50. The highest BCUT2D eigenvalue weighted by molar-refractivity contribution is 5.70. The molecule has 0 aromatic heterocycles. The van der Waals surface area contributed by atoms with Crippen LogP contribution in [0.5, 0.6) is 0 Å². The molecule has 88 valence electrons. The van der Waals surface area contributed by atoms with E-state index in [2.05, 4.69) is 0 Å². The summed E-state index contributed by atoms with van der Waals surface area (Å²) in [7, 11) is 0. The van der Waals surface area contributed by atoms with E-state index in [0.717, 1.165) is 11.1 Å².